The van der Waals surface area contributed by atoms with Gasteiger partial charge in [-0.15, -0.1) is 0 Å². The van der Waals surface area contributed by atoms with Gasteiger partial charge in [0.15, 0.2) is 0 Å². The molecule has 1 aliphatic heterocycles. The van der Waals surface area contributed by atoms with Gasteiger partial charge in [0, 0.05) is 25.0 Å². The molecule has 1 saturated carbocycles. The highest BCUT2D eigenvalue weighted by Gasteiger charge is 2.49. The number of benzene rings is 2. The largest absolute Gasteiger partial charge is 0.335 e. The Morgan fingerprint density at radius 2 is 1.71 bits per heavy atom. The van der Waals surface area contributed by atoms with Crippen molar-refractivity contribution in [3.63, 3.8) is 0 Å². The van der Waals surface area contributed by atoms with Crippen molar-refractivity contribution >= 4 is 15.9 Å². The van der Waals surface area contributed by atoms with E-state index in [2.05, 4.69) is 28.9 Å². The van der Waals surface area contributed by atoms with Crippen molar-refractivity contribution in [2.24, 2.45) is 5.41 Å². The fraction of sp³-hybridized carbons (Fsp3) is 0.385. The number of nitrogens with zero attached hydrogens (tertiary/aromatic N) is 3. The number of carbonyl (C=O) groups excluding carboxylic acids is 1. The van der Waals surface area contributed by atoms with Crippen LogP contribution in [0.1, 0.15) is 50.6 Å². The molecule has 1 spiro atoms. The smallest absolute Gasteiger partial charge is 0.240 e. The maximum Gasteiger partial charge on any atom is 0.240 e. The van der Waals surface area contributed by atoms with Gasteiger partial charge < -0.3 is 4.90 Å². The summed E-state index contributed by atoms with van der Waals surface area (Å²) in [6.45, 7) is 2.84. The van der Waals surface area contributed by atoms with Crippen LogP contribution in [-0.2, 0) is 14.8 Å². The van der Waals surface area contributed by atoms with E-state index in [1.54, 1.807) is 35.1 Å². The zero-order valence-electron chi connectivity index (χ0n) is 19.3. The third-order valence-electron chi connectivity index (χ3n) is 7.48. The first-order valence-electron chi connectivity index (χ1n) is 11.9. The Morgan fingerprint density at radius 1 is 1.00 bits per heavy atom. The van der Waals surface area contributed by atoms with Crippen LogP contribution in [0.5, 0.6) is 0 Å². The number of aromatic nitrogens is 2. The number of rotatable bonds is 6. The molecule has 2 aliphatic rings. The summed E-state index contributed by atoms with van der Waals surface area (Å²) < 4.78 is 30.5. The molecule has 2 fully saturated rings. The summed E-state index contributed by atoms with van der Waals surface area (Å²) in [5, 5.41) is 4.17. The van der Waals surface area contributed by atoms with Crippen LogP contribution < -0.4 is 4.72 Å². The summed E-state index contributed by atoms with van der Waals surface area (Å²) in [5.74, 6) is 0.222. The van der Waals surface area contributed by atoms with E-state index < -0.39 is 10.0 Å². The summed E-state index contributed by atoms with van der Waals surface area (Å²) in [4.78, 5) is 15.7. The van der Waals surface area contributed by atoms with Gasteiger partial charge in [-0.05, 0) is 74.9 Å². The maximum atomic E-state index is 13.4. The molecule has 1 saturated heterocycles. The molecule has 0 radical (unpaired) electrons. The quantitative estimate of drug-likeness (QED) is 0.579. The fourth-order valence-corrected chi connectivity index (χ4v) is 6.67. The molecule has 178 valence electrons. The molecule has 8 heteroatoms. The van der Waals surface area contributed by atoms with Gasteiger partial charge in [0.2, 0.25) is 15.9 Å². The van der Waals surface area contributed by atoms with Crippen LogP contribution in [0.25, 0.3) is 5.69 Å². The normalized spacial score (nSPS) is 24.0. The van der Waals surface area contributed by atoms with Crippen molar-refractivity contribution in [2.45, 2.75) is 56.0 Å². The molecule has 5 rings (SSSR count). The molecule has 1 N–H and O–H groups in total. The number of sulfonamides is 1. The van der Waals surface area contributed by atoms with Gasteiger partial charge in [-0.3, -0.25) is 4.79 Å². The molecule has 2 heterocycles. The average Bonchev–Trinajstić information content (AvgIpc) is 3.50. The van der Waals surface area contributed by atoms with Crippen LogP contribution in [0.15, 0.2) is 78.0 Å². The van der Waals surface area contributed by atoms with Gasteiger partial charge >= 0.3 is 0 Å². The van der Waals surface area contributed by atoms with E-state index in [0.29, 0.717) is 12.8 Å². The van der Waals surface area contributed by atoms with Crippen LogP contribution in [-0.4, -0.2) is 41.6 Å². The molecule has 1 amide bonds. The highest BCUT2D eigenvalue weighted by molar-refractivity contribution is 7.89. The Balaban J connectivity index is 1.21. The van der Waals surface area contributed by atoms with Crippen LogP contribution >= 0.6 is 0 Å². The molecule has 0 unspecified atom stereocenters. The number of nitrogens with one attached hydrogen (secondary N) is 1. The highest BCUT2D eigenvalue weighted by atomic mass is 32.2. The van der Waals surface area contributed by atoms with Gasteiger partial charge in [0.25, 0.3) is 0 Å². The number of likely N-dealkylation sites (tertiary alicyclic amines) is 1. The van der Waals surface area contributed by atoms with Crippen molar-refractivity contribution in [1.82, 2.24) is 19.4 Å². The van der Waals surface area contributed by atoms with E-state index in [9.17, 15) is 13.2 Å². The van der Waals surface area contributed by atoms with E-state index in [1.165, 1.54) is 0 Å². The van der Waals surface area contributed by atoms with Gasteiger partial charge in [0.1, 0.15) is 0 Å². The number of hydrogen-bond acceptors (Lipinski definition) is 4. The lowest BCUT2D eigenvalue weighted by atomic mass is 9.71. The van der Waals surface area contributed by atoms with E-state index in [4.69, 9.17) is 0 Å². The summed E-state index contributed by atoms with van der Waals surface area (Å²) in [7, 11) is -3.63. The third-order valence-corrected chi connectivity index (χ3v) is 9.01. The molecule has 7 nitrogen and oxygen atoms in total. The van der Waals surface area contributed by atoms with Gasteiger partial charge in [-0.2, -0.15) is 5.10 Å². The molecule has 2 aromatic carbocycles. The maximum absolute atomic E-state index is 13.4. The second-order valence-electron chi connectivity index (χ2n) is 9.46. The molecule has 1 aliphatic carbocycles. The van der Waals surface area contributed by atoms with Crippen molar-refractivity contribution < 1.29 is 13.2 Å². The standard InChI is InChI=1S/C26H30N4O3S/c1-20(21-6-3-2-4-7-21)29-19-16-26(25(29)31)14-12-22(13-15-26)28-34(32,33)24-10-8-23(9-11-24)30-18-5-17-27-30/h2-11,17-18,20,22,28H,12-16,19H2,1H3/t20-,22-,26-/m1/s1. The van der Waals surface area contributed by atoms with Crippen molar-refractivity contribution in [2.75, 3.05) is 6.54 Å². The minimum absolute atomic E-state index is 0.0500. The van der Waals surface area contributed by atoms with Crippen molar-refractivity contribution in [3.8, 4) is 5.69 Å². The molecular weight excluding hydrogens is 448 g/mol. The highest BCUT2D eigenvalue weighted by Crippen LogP contribution is 2.47. The average molecular weight is 479 g/mol. The number of carbonyl (C=O) groups is 1. The molecule has 3 aromatic rings. The molecule has 0 bridgehead atoms. The Bertz CT molecular complexity index is 1230. The lowest BCUT2D eigenvalue weighted by Crippen LogP contribution is -2.44. The molecule has 34 heavy (non-hydrogen) atoms. The van der Waals surface area contributed by atoms with E-state index >= 15 is 0 Å². The van der Waals surface area contributed by atoms with Gasteiger partial charge in [0.05, 0.1) is 22.0 Å². The predicted molar refractivity (Wildman–Crippen MR) is 130 cm³/mol. The van der Waals surface area contributed by atoms with Gasteiger partial charge in [-0.25, -0.2) is 17.8 Å². The first-order chi connectivity index (χ1) is 16.4. The van der Waals surface area contributed by atoms with Crippen molar-refractivity contribution in [1.29, 1.82) is 0 Å². The first-order valence-corrected chi connectivity index (χ1v) is 13.3. The summed E-state index contributed by atoms with van der Waals surface area (Å²) >= 11 is 0. The molecule has 1 atom stereocenters. The topological polar surface area (TPSA) is 84.3 Å². The Hall–Kier alpha value is -2.97. The van der Waals surface area contributed by atoms with Crippen LogP contribution in [0.3, 0.4) is 0 Å². The molecular formula is C26H30N4O3S. The zero-order chi connectivity index (χ0) is 23.8. The lowest BCUT2D eigenvalue weighted by molar-refractivity contribution is -0.139. The number of amides is 1. The minimum Gasteiger partial charge on any atom is -0.335 e. The van der Waals surface area contributed by atoms with Crippen LogP contribution in [0.4, 0.5) is 0 Å². The Labute approximate surface area is 200 Å². The minimum atomic E-state index is -3.63. The third kappa shape index (κ3) is 4.28. The van der Waals surface area contributed by atoms with Crippen molar-refractivity contribution in [3.05, 3.63) is 78.6 Å². The zero-order valence-corrected chi connectivity index (χ0v) is 20.1. The van der Waals surface area contributed by atoms with Crippen LogP contribution in [0, 0.1) is 5.41 Å². The number of hydrogen-bond donors (Lipinski definition) is 1. The SMILES string of the molecule is C[C@H](c1ccccc1)N1CC[C@]2(CC[C@@H](NS(=O)(=O)c3ccc(-n4cccn4)cc3)CC2)C1=O. The van der Waals surface area contributed by atoms with Crippen LogP contribution in [0.2, 0.25) is 0 Å². The summed E-state index contributed by atoms with van der Waals surface area (Å²) in [6.07, 6.45) is 7.11. The van der Waals surface area contributed by atoms with E-state index in [0.717, 1.165) is 37.1 Å². The molecule has 1 aromatic heterocycles. The van der Waals surface area contributed by atoms with E-state index in [-0.39, 0.29) is 28.3 Å². The lowest BCUT2D eigenvalue weighted by Gasteiger charge is -2.36. The fourth-order valence-electron chi connectivity index (χ4n) is 5.37. The Kier molecular flexibility index (Phi) is 6.04. The predicted octanol–water partition coefficient (Wildman–Crippen LogP) is 4.07. The second kappa shape index (κ2) is 9.00. The van der Waals surface area contributed by atoms with Gasteiger partial charge in [-0.1, -0.05) is 30.3 Å². The summed E-state index contributed by atoms with van der Waals surface area (Å²) in [6, 6.07) is 18.5. The monoisotopic (exact) mass is 478 g/mol. The van der Waals surface area contributed by atoms with E-state index in [1.807, 2.05) is 35.4 Å². The second-order valence-corrected chi connectivity index (χ2v) is 11.2. The first kappa shape index (κ1) is 22.8. The summed E-state index contributed by atoms with van der Waals surface area (Å²) in [5.41, 5.74) is 1.60. The Morgan fingerprint density at radius 3 is 2.35 bits per heavy atom.